The molecule has 0 N–H and O–H groups in total. The van der Waals surface area contributed by atoms with Crippen LogP contribution in [0.1, 0.15) is 0 Å². The van der Waals surface area contributed by atoms with Crippen LogP contribution < -0.4 is 0 Å². The molecule has 60 heavy (non-hydrogen) atoms. The molecule has 0 heterocycles. The fraction of sp³-hybridized carbons (Fsp3) is 0. The Morgan fingerprint density at radius 1 is 0.167 bits per heavy atom. The molecule has 0 fully saturated rings. The van der Waals surface area contributed by atoms with Gasteiger partial charge in [-0.25, -0.2) is 0 Å². The Kier molecular flexibility index (Phi) is 8.95. The Hall–Kier alpha value is -7.80. The highest BCUT2D eigenvalue weighted by Gasteiger charge is 2.18. The molecule has 0 nitrogen and oxygen atoms in total. The van der Waals surface area contributed by atoms with Crippen LogP contribution in [0.25, 0.3) is 110 Å². The Labute approximate surface area is 351 Å². The highest BCUT2D eigenvalue weighted by Crippen LogP contribution is 2.45. The second-order valence-corrected chi connectivity index (χ2v) is 15.6. The summed E-state index contributed by atoms with van der Waals surface area (Å²) in [5, 5.41) is 7.49. The van der Waals surface area contributed by atoms with Crippen molar-refractivity contribution in [1.82, 2.24) is 0 Å². The molecule has 0 atom stereocenters. The van der Waals surface area contributed by atoms with Crippen molar-refractivity contribution in [2.24, 2.45) is 0 Å². The average molecular weight is 761 g/mol. The first-order chi connectivity index (χ1) is 29.7. The minimum atomic E-state index is 1.19. The maximum absolute atomic E-state index is 2.43. The van der Waals surface area contributed by atoms with Gasteiger partial charge in [-0.05, 0) is 134 Å². The van der Waals surface area contributed by atoms with Crippen LogP contribution in [-0.2, 0) is 0 Å². The van der Waals surface area contributed by atoms with E-state index >= 15 is 0 Å². The highest BCUT2D eigenvalue weighted by molar-refractivity contribution is 6.22. The third-order valence-corrected chi connectivity index (χ3v) is 12.1. The minimum Gasteiger partial charge on any atom is -0.0622 e. The standard InChI is InChI=1S/C60H40/c1-4-15-41(16-5-1)43-27-29-45(30-28-43)52-38-50-35-36-51(60-55-25-12-10-23-53(55)59(47-19-8-3-9-20-47)54-24-11-13-26-56(54)60)39-58(50)57(40-52)46-33-31-44(32-34-46)49-22-14-21-48(37-49)42-17-6-2-7-18-42/h1-40H. The van der Waals surface area contributed by atoms with Crippen LogP contribution in [0.15, 0.2) is 243 Å². The fourth-order valence-electron chi connectivity index (χ4n) is 9.11. The molecule has 11 aromatic rings. The van der Waals surface area contributed by atoms with Crippen molar-refractivity contribution in [2.75, 3.05) is 0 Å². The molecule has 0 heteroatoms. The lowest BCUT2D eigenvalue weighted by atomic mass is 9.84. The van der Waals surface area contributed by atoms with Crippen molar-refractivity contribution in [2.45, 2.75) is 0 Å². The number of hydrogen-bond donors (Lipinski definition) is 0. The zero-order valence-electron chi connectivity index (χ0n) is 33.1. The molecule has 0 aliphatic rings. The van der Waals surface area contributed by atoms with E-state index in [0.29, 0.717) is 0 Å². The molecule has 11 rings (SSSR count). The maximum atomic E-state index is 2.43. The molecule has 280 valence electrons. The van der Waals surface area contributed by atoms with Crippen molar-refractivity contribution < 1.29 is 0 Å². The summed E-state index contributed by atoms with van der Waals surface area (Å²) in [5.41, 5.74) is 17.1. The van der Waals surface area contributed by atoms with Crippen LogP contribution in [0.2, 0.25) is 0 Å². The Balaban J connectivity index is 1.09. The van der Waals surface area contributed by atoms with Gasteiger partial charge in [-0.3, -0.25) is 0 Å². The monoisotopic (exact) mass is 760 g/mol. The second-order valence-electron chi connectivity index (χ2n) is 15.6. The molecule has 0 aliphatic heterocycles. The van der Waals surface area contributed by atoms with Crippen LogP contribution in [0, 0.1) is 0 Å². The van der Waals surface area contributed by atoms with Crippen LogP contribution in [-0.4, -0.2) is 0 Å². The van der Waals surface area contributed by atoms with Gasteiger partial charge in [0.25, 0.3) is 0 Å². The molecule has 0 amide bonds. The number of hydrogen-bond acceptors (Lipinski definition) is 0. The Bertz CT molecular complexity index is 3250. The number of benzene rings is 11. The van der Waals surface area contributed by atoms with Crippen LogP contribution in [0.3, 0.4) is 0 Å². The number of fused-ring (bicyclic) bond motifs is 3. The molecular weight excluding hydrogens is 721 g/mol. The van der Waals surface area contributed by atoms with Crippen LogP contribution in [0.5, 0.6) is 0 Å². The van der Waals surface area contributed by atoms with Gasteiger partial charge in [0.15, 0.2) is 0 Å². The Morgan fingerprint density at radius 2 is 0.533 bits per heavy atom. The van der Waals surface area contributed by atoms with Crippen molar-refractivity contribution in [1.29, 1.82) is 0 Å². The van der Waals surface area contributed by atoms with E-state index in [4.69, 9.17) is 0 Å². The first-order valence-electron chi connectivity index (χ1n) is 20.7. The molecular formula is C60H40. The van der Waals surface area contributed by atoms with Gasteiger partial charge in [0.1, 0.15) is 0 Å². The minimum absolute atomic E-state index is 1.19. The van der Waals surface area contributed by atoms with Crippen molar-refractivity contribution >= 4 is 32.3 Å². The highest BCUT2D eigenvalue weighted by atomic mass is 14.2. The van der Waals surface area contributed by atoms with Gasteiger partial charge in [0, 0.05) is 0 Å². The topological polar surface area (TPSA) is 0 Å². The van der Waals surface area contributed by atoms with Gasteiger partial charge < -0.3 is 0 Å². The van der Waals surface area contributed by atoms with E-state index in [9.17, 15) is 0 Å². The van der Waals surface area contributed by atoms with Gasteiger partial charge in [-0.1, -0.05) is 218 Å². The number of rotatable bonds is 7. The molecule has 0 unspecified atom stereocenters. The van der Waals surface area contributed by atoms with E-state index in [1.807, 2.05) is 0 Å². The predicted molar refractivity (Wildman–Crippen MR) is 257 cm³/mol. The lowest BCUT2D eigenvalue weighted by Crippen LogP contribution is -1.92. The summed E-state index contributed by atoms with van der Waals surface area (Å²) < 4.78 is 0. The normalized spacial score (nSPS) is 11.3. The average Bonchev–Trinajstić information content (AvgIpc) is 3.33. The summed E-state index contributed by atoms with van der Waals surface area (Å²) in [4.78, 5) is 0. The SMILES string of the molecule is c1ccc(-c2ccc(-c3cc(-c4ccc(-c5cccc(-c6ccccc6)c5)cc4)c4cc(-c5c6ccccc6c(-c6ccccc6)c6ccccc56)ccc4c3)cc2)cc1. The molecule has 0 bridgehead atoms. The summed E-state index contributed by atoms with van der Waals surface area (Å²) in [5.74, 6) is 0. The molecule has 11 aromatic carbocycles. The van der Waals surface area contributed by atoms with Crippen LogP contribution >= 0.6 is 0 Å². The predicted octanol–water partition coefficient (Wildman–Crippen LogP) is 16.8. The lowest BCUT2D eigenvalue weighted by molar-refractivity contribution is 1.57. The quantitative estimate of drug-likeness (QED) is 0.142. The maximum Gasteiger partial charge on any atom is -0.00261 e. The lowest BCUT2D eigenvalue weighted by Gasteiger charge is -2.19. The molecule has 0 saturated carbocycles. The molecule has 0 radical (unpaired) electrons. The summed E-state index contributed by atoms with van der Waals surface area (Å²) >= 11 is 0. The van der Waals surface area contributed by atoms with Gasteiger partial charge in [-0.2, -0.15) is 0 Å². The van der Waals surface area contributed by atoms with Crippen molar-refractivity contribution in [3.8, 4) is 77.9 Å². The van der Waals surface area contributed by atoms with E-state index in [1.165, 1.54) is 110 Å². The third-order valence-electron chi connectivity index (χ3n) is 12.1. The zero-order chi connectivity index (χ0) is 39.8. The van der Waals surface area contributed by atoms with Gasteiger partial charge in [0.05, 0.1) is 0 Å². The van der Waals surface area contributed by atoms with E-state index < -0.39 is 0 Å². The summed E-state index contributed by atoms with van der Waals surface area (Å²) in [6, 6.07) is 88.7. The summed E-state index contributed by atoms with van der Waals surface area (Å²) in [6.45, 7) is 0. The second kappa shape index (κ2) is 15.2. The smallest absolute Gasteiger partial charge is 0.00261 e. The van der Waals surface area contributed by atoms with Gasteiger partial charge in [-0.15, -0.1) is 0 Å². The molecule has 0 spiro atoms. The van der Waals surface area contributed by atoms with E-state index in [1.54, 1.807) is 0 Å². The largest absolute Gasteiger partial charge is 0.0622 e. The van der Waals surface area contributed by atoms with E-state index in [2.05, 4.69) is 243 Å². The summed E-state index contributed by atoms with van der Waals surface area (Å²) in [6.07, 6.45) is 0. The van der Waals surface area contributed by atoms with E-state index in [-0.39, 0.29) is 0 Å². The van der Waals surface area contributed by atoms with Crippen molar-refractivity contribution in [3.05, 3.63) is 243 Å². The zero-order valence-corrected chi connectivity index (χ0v) is 33.1. The van der Waals surface area contributed by atoms with Gasteiger partial charge >= 0.3 is 0 Å². The van der Waals surface area contributed by atoms with Gasteiger partial charge in [0.2, 0.25) is 0 Å². The first kappa shape index (κ1) is 35.4. The third kappa shape index (κ3) is 6.46. The molecule has 0 aromatic heterocycles. The fourth-order valence-corrected chi connectivity index (χ4v) is 9.11. The molecule has 0 aliphatic carbocycles. The van der Waals surface area contributed by atoms with E-state index in [0.717, 1.165) is 0 Å². The van der Waals surface area contributed by atoms with Crippen LogP contribution in [0.4, 0.5) is 0 Å². The Morgan fingerprint density at radius 3 is 1.07 bits per heavy atom. The summed E-state index contributed by atoms with van der Waals surface area (Å²) in [7, 11) is 0. The van der Waals surface area contributed by atoms with Crippen molar-refractivity contribution in [3.63, 3.8) is 0 Å². The first-order valence-corrected chi connectivity index (χ1v) is 20.7. The molecule has 0 saturated heterocycles.